The second-order valence-electron chi connectivity index (χ2n) is 1.88. The molecule has 1 N–H and O–H groups in total. The molecule has 0 spiro atoms. The van der Waals surface area contributed by atoms with Crippen molar-refractivity contribution in [1.29, 1.82) is 5.26 Å². The van der Waals surface area contributed by atoms with Crippen molar-refractivity contribution in [2.24, 2.45) is 0 Å². The van der Waals surface area contributed by atoms with Gasteiger partial charge in [0.1, 0.15) is 0 Å². The molecule has 8 heavy (non-hydrogen) atoms. The fourth-order valence-electron chi connectivity index (χ4n) is 0.0889. The SMILES string of the molecule is C[C@H](Cl)[C@](C)(O)C#N. The molecule has 0 saturated heterocycles. The lowest BCUT2D eigenvalue weighted by Gasteiger charge is -2.15. The summed E-state index contributed by atoms with van der Waals surface area (Å²) in [7, 11) is 0. The van der Waals surface area contributed by atoms with Gasteiger partial charge in [0.25, 0.3) is 0 Å². The molecule has 0 aromatic carbocycles. The Bertz CT molecular complexity index is 114. The van der Waals surface area contributed by atoms with Crippen LogP contribution in [-0.4, -0.2) is 16.1 Å². The first-order chi connectivity index (χ1) is 3.50. The van der Waals surface area contributed by atoms with E-state index < -0.39 is 11.0 Å². The molecule has 0 aliphatic carbocycles. The third-order valence-electron chi connectivity index (χ3n) is 1.00. The Balaban J connectivity index is 3.97. The van der Waals surface area contributed by atoms with Gasteiger partial charge in [0, 0.05) is 0 Å². The fourth-order valence-corrected chi connectivity index (χ4v) is 0.138. The molecule has 0 bridgehead atoms. The standard InChI is InChI=1S/C5H8ClNO/c1-4(6)5(2,8)3-7/h4,8H,1-2H3/t4-,5+/m0/s1. The number of hydrogen-bond donors (Lipinski definition) is 1. The fraction of sp³-hybridized carbons (Fsp3) is 0.800. The molecule has 0 aliphatic heterocycles. The number of rotatable bonds is 1. The zero-order valence-electron chi connectivity index (χ0n) is 4.85. The summed E-state index contributed by atoms with van der Waals surface area (Å²) < 4.78 is 0. The van der Waals surface area contributed by atoms with Crippen LogP contribution in [0.5, 0.6) is 0 Å². The van der Waals surface area contributed by atoms with Crippen molar-refractivity contribution in [3.05, 3.63) is 0 Å². The zero-order valence-corrected chi connectivity index (χ0v) is 5.61. The van der Waals surface area contributed by atoms with Gasteiger partial charge in [0.2, 0.25) is 0 Å². The van der Waals surface area contributed by atoms with Gasteiger partial charge in [-0.05, 0) is 13.8 Å². The molecule has 46 valence electrons. The quantitative estimate of drug-likeness (QED) is 0.427. The van der Waals surface area contributed by atoms with Crippen molar-refractivity contribution < 1.29 is 5.11 Å². The molecule has 0 aromatic heterocycles. The molecule has 0 rings (SSSR count). The summed E-state index contributed by atoms with van der Waals surface area (Å²) in [5.41, 5.74) is -1.39. The summed E-state index contributed by atoms with van der Waals surface area (Å²) in [6, 6.07) is 1.66. The molecular formula is C5H8ClNO. The van der Waals surface area contributed by atoms with Crippen LogP contribution in [-0.2, 0) is 0 Å². The van der Waals surface area contributed by atoms with Crippen LogP contribution in [0.15, 0.2) is 0 Å². The molecule has 2 atom stereocenters. The first-order valence-corrected chi connectivity index (χ1v) is 2.72. The zero-order chi connectivity index (χ0) is 6.78. The van der Waals surface area contributed by atoms with Crippen LogP contribution in [0.2, 0.25) is 0 Å². The van der Waals surface area contributed by atoms with E-state index >= 15 is 0 Å². The van der Waals surface area contributed by atoms with Gasteiger partial charge in [-0.1, -0.05) is 0 Å². The highest BCUT2D eigenvalue weighted by Gasteiger charge is 2.25. The van der Waals surface area contributed by atoms with Gasteiger partial charge in [0.05, 0.1) is 11.4 Å². The summed E-state index contributed by atoms with van der Waals surface area (Å²) >= 11 is 5.40. The molecule has 0 unspecified atom stereocenters. The lowest BCUT2D eigenvalue weighted by atomic mass is 10.1. The molecule has 2 nitrogen and oxygen atoms in total. The highest BCUT2D eigenvalue weighted by atomic mass is 35.5. The average Bonchev–Trinajstić information content (AvgIpc) is 1.67. The molecule has 0 amide bonds. The largest absolute Gasteiger partial charge is 0.374 e. The minimum Gasteiger partial charge on any atom is -0.374 e. The Kier molecular flexibility index (Phi) is 2.26. The maximum Gasteiger partial charge on any atom is 0.164 e. The van der Waals surface area contributed by atoms with Crippen molar-refractivity contribution in [2.75, 3.05) is 0 Å². The van der Waals surface area contributed by atoms with E-state index in [9.17, 15) is 0 Å². The lowest BCUT2D eigenvalue weighted by molar-refractivity contribution is 0.119. The van der Waals surface area contributed by atoms with Gasteiger partial charge in [-0.3, -0.25) is 0 Å². The average molecular weight is 134 g/mol. The second-order valence-corrected chi connectivity index (χ2v) is 2.53. The van der Waals surface area contributed by atoms with Crippen LogP contribution in [0.25, 0.3) is 0 Å². The van der Waals surface area contributed by atoms with Gasteiger partial charge in [-0.25, -0.2) is 0 Å². The Morgan fingerprint density at radius 2 is 2.25 bits per heavy atom. The molecule has 0 aromatic rings. The Labute approximate surface area is 53.7 Å². The van der Waals surface area contributed by atoms with E-state index in [-0.39, 0.29) is 0 Å². The van der Waals surface area contributed by atoms with Crippen LogP contribution >= 0.6 is 11.6 Å². The third kappa shape index (κ3) is 1.69. The summed E-state index contributed by atoms with van der Waals surface area (Å²) in [5, 5.41) is 16.6. The first-order valence-electron chi connectivity index (χ1n) is 2.28. The monoisotopic (exact) mass is 133 g/mol. The summed E-state index contributed by atoms with van der Waals surface area (Å²) in [6.45, 7) is 2.95. The van der Waals surface area contributed by atoms with Crippen LogP contribution in [0.1, 0.15) is 13.8 Å². The molecule has 0 saturated carbocycles. The minimum atomic E-state index is -1.39. The highest BCUT2D eigenvalue weighted by Crippen LogP contribution is 2.12. The smallest absolute Gasteiger partial charge is 0.164 e. The first kappa shape index (κ1) is 7.74. The second kappa shape index (κ2) is 2.34. The van der Waals surface area contributed by atoms with E-state index in [2.05, 4.69) is 0 Å². The van der Waals surface area contributed by atoms with E-state index in [1.54, 1.807) is 13.0 Å². The molecule has 0 fully saturated rings. The van der Waals surface area contributed by atoms with E-state index in [0.29, 0.717) is 0 Å². The van der Waals surface area contributed by atoms with Crippen molar-refractivity contribution in [3.63, 3.8) is 0 Å². The summed E-state index contributed by atoms with van der Waals surface area (Å²) in [6.07, 6.45) is 0. The van der Waals surface area contributed by atoms with Crippen LogP contribution in [0.3, 0.4) is 0 Å². The Hall–Kier alpha value is -0.260. The van der Waals surface area contributed by atoms with Crippen molar-refractivity contribution in [3.8, 4) is 6.07 Å². The predicted octanol–water partition coefficient (Wildman–Crippen LogP) is 0.888. The van der Waals surface area contributed by atoms with Gasteiger partial charge >= 0.3 is 0 Å². The van der Waals surface area contributed by atoms with Gasteiger partial charge in [-0.15, -0.1) is 11.6 Å². The van der Waals surface area contributed by atoms with Crippen molar-refractivity contribution >= 4 is 11.6 Å². The summed E-state index contributed by atoms with van der Waals surface area (Å²) in [4.78, 5) is 0. The van der Waals surface area contributed by atoms with Crippen LogP contribution in [0, 0.1) is 11.3 Å². The molecular weight excluding hydrogens is 126 g/mol. The van der Waals surface area contributed by atoms with Crippen LogP contribution < -0.4 is 0 Å². The van der Waals surface area contributed by atoms with Gasteiger partial charge in [-0.2, -0.15) is 5.26 Å². The number of alkyl halides is 1. The highest BCUT2D eigenvalue weighted by molar-refractivity contribution is 6.21. The summed E-state index contributed by atoms with van der Waals surface area (Å²) in [5.74, 6) is 0. The predicted molar refractivity (Wildman–Crippen MR) is 31.6 cm³/mol. The minimum absolute atomic E-state index is 0.521. The third-order valence-corrected chi connectivity index (χ3v) is 1.43. The molecule has 3 heteroatoms. The molecule has 0 aliphatic rings. The van der Waals surface area contributed by atoms with Gasteiger partial charge < -0.3 is 5.11 Å². The van der Waals surface area contributed by atoms with Crippen molar-refractivity contribution in [1.82, 2.24) is 0 Å². The number of nitriles is 1. The lowest BCUT2D eigenvalue weighted by Crippen LogP contribution is -2.31. The maximum absolute atomic E-state index is 8.91. The van der Waals surface area contributed by atoms with Crippen LogP contribution in [0.4, 0.5) is 0 Å². The van der Waals surface area contributed by atoms with E-state index in [0.717, 1.165) is 0 Å². The maximum atomic E-state index is 8.91. The van der Waals surface area contributed by atoms with E-state index in [1.165, 1.54) is 6.92 Å². The molecule has 0 radical (unpaired) electrons. The number of hydrogen-bond acceptors (Lipinski definition) is 2. The number of aliphatic hydroxyl groups is 1. The molecule has 0 heterocycles. The van der Waals surface area contributed by atoms with E-state index in [4.69, 9.17) is 22.0 Å². The number of halogens is 1. The Morgan fingerprint density at radius 3 is 2.25 bits per heavy atom. The van der Waals surface area contributed by atoms with E-state index in [1.807, 2.05) is 0 Å². The normalized spacial score (nSPS) is 20.9. The number of nitrogens with zero attached hydrogens (tertiary/aromatic N) is 1. The Morgan fingerprint density at radius 1 is 1.88 bits per heavy atom. The van der Waals surface area contributed by atoms with Crippen molar-refractivity contribution in [2.45, 2.75) is 24.8 Å². The van der Waals surface area contributed by atoms with Gasteiger partial charge in [0.15, 0.2) is 5.60 Å². The topological polar surface area (TPSA) is 44.0 Å².